The first-order valence-electron chi connectivity index (χ1n) is 6.70. The largest absolute Gasteiger partial charge is 0.490 e. The van der Waals surface area contributed by atoms with Crippen LogP contribution in [0.4, 0.5) is 5.69 Å². The van der Waals surface area contributed by atoms with Crippen LogP contribution in [0.25, 0.3) is 0 Å². The highest BCUT2D eigenvalue weighted by molar-refractivity contribution is 6.69. The zero-order chi connectivity index (χ0) is 15.8. The average Bonchev–Trinajstić information content (AvgIpc) is 2.75. The molecule has 0 aromatic heterocycles. The van der Waals surface area contributed by atoms with Gasteiger partial charge in [0.2, 0.25) is 0 Å². The predicted molar refractivity (Wildman–Crippen MR) is 79.7 cm³/mol. The van der Waals surface area contributed by atoms with Gasteiger partial charge in [-0.1, -0.05) is 0 Å². The van der Waals surface area contributed by atoms with Crippen LogP contribution in [-0.2, 0) is 16.4 Å². The van der Waals surface area contributed by atoms with Gasteiger partial charge in [-0.2, -0.15) is 5.26 Å². The molecule has 1 aromatic carbocycles. The van der Waals surface area contributed by atoms with Crippen molar-refractivity contribution in [2.75, 3.05) is 7.11 Å². The molecular formula is C14H18N2O4Si. The number of ether oxygens (including phenoxy) is 1. The van der Waals surface area contributed by atoms with Crippen molar-refractivity contribution in [1.82, 2.24) is 0 Å². The van der Waals surface area contributed by atoms with E-state index in [4.69, 9.17) is 9.16 Å². The number of nitriles is 1. The smallest absolute Gasteiger partial charge is 0.311 e. The fourth-order valence-electron chi connectivity index (χ4n) is 2.82. The summed E-state index contributed by atoms with van der Waals surface area (Å²) in [5, 5.41) is 20.7. The van der Waals surface area contributed by atoms with Crippen LogP contribution in [0.1, 0.15) is 17.5 Å². The molecule has 0 saturated heterocycles. The van der Waals surface area contributed by atoms with Gasteiger partial charge in [-0.05, 0) is 38.5 Å². The molecule has 21 heavy (non-hydrogen) atoms. The van der Waals surface area contributed by atoms with Gasteiger partial charge in [-0.15, -0.1) is 0 Å². The minimum Gasteiger partial charge on any atom is -0.490 e. The van der Waals surface area contributed by atoms with Crippen molar-refractivity contribution in [3.8, 4) is 11.8 Å². The normalized spacial score (nSPS) is 20.7. The molecule has 1 atom stereocenters. The van der Waals surface area contributed by atoms with Crippen molar-refractivity contribution in [2.24, 2.45) is 0 Å². The first-order chi connectivity index (χ1) is 9.74. The second-order valence-electron chi connectivity index (χ2n) is 6.05. The van der Waals surface area contributed by atoms with Gasteiger partial charge < -0.3 is 9.16 Å². The molecule has 6 nitrogen and oxygen atoms in total. The second kappa shape index (κ2) is 5.13. The summed E-state index contributed by atoms with van der Waals surface area (Å²) in [5.41, 5.74) is 0.335. The van der Waals surface area contributed by atoms with Gasteiger partial charge in [-0.25, -0.2) is 0 Å². The van der Waals surface area contributed by atoms with E-state index >= 15 is 0 Å². The molecule has 0 amide bonds. The summed E-state index contributed by atoms with van der Waals surface area (Å²) in [6.45, 7) is 6.06. The van der Waals surface area contributed by atoms with Gasteiger partial charge in [0.05, 0.1) is 12.0 Å². The van der Waals surface area contributed by atoms with Crippen molar-refractivity contribution in [1.29, 1.82) is 5.26 Å². The lowest BCUT2D eigenvalue weighted by Crippen LogP contribution is -2.38. The van der Waals surface area contributed by atoms with Gasteiger partial charge >= 0.3 is 5.69 Å². The number of rotatable bonds is 4. The SMILES string of the molecule is COc1c([N+](=O)[O-])ccc2c1CC[C@]2(C#N)O[Si](C)(C)C. The Morgan fingerprint density at radius 1 is 1.43 bits per heavy atom. The highest BCUT2D eigenvalue weighted by Gasteiger charge is 2.45. The fourth-order valence-corrected chi connectivity index (χ4v) is 4.12. The van der Waals surface area contributed by atoms with Crippen molar-refractivity contribution in [2.45, 2.75) is 38.1 Å². The molecule has 0 bridgehead atoms. The van der Waals surface area contributed by atoms with Crippen LogP contribution in [0.3, 0.4) is 0 Å². The van der Waals surface area contributed by atoms with E-state index in [0.29, 0.717) is 24.0 Å². The number of hydrogen-bond acceptors (Lipinski definition) is 5. The summed E-state index contributed by atoms with van der Waals surface area (Å²) in [5.74, 6) is 0.244. The van der Waals surface area contributed by atoms with E-state index in [1.54, 1.807) is 6.07 Å². The van der Waals surface area contributed by atoms with E-state index in [-0.39, 0.29) is 11.4 Å². The molecule has 2 rings (SSSR count). The lowest BCUT2D eigenvalue weighted by Gasteiger charge is -2.31. The second-order valence-corrected chi connectivity index (χ2v) is 10.5. The van der Waals surface area contributed by atoms with Crippen molar-refractivity contribution in [3.05, 3.63) is 33.4 Å². The van der Waals surface area contributed by atoms with Crippen LogP contribution in [0, 0.1) is 21.4 Å². The molecule has 0 aliphatic heterocycles. The molecule has 1 aliphatic rings. The monoisotopic (exact) mass is 306 g/mol. The van der Waals surface area contributed by atoms with Crippen LogP contribution in [0.2, 0.25) is 19.6 Å². The third-order valence-corrected chi connectivity index (χ3v) is 4.42. The van der Waals surface area contributed by atoms with Crippen LogP contribution >= 0.6 is 0 Å². The molecule has 1 aromatic rings. The molecule has 0 heterocycles. The lowest BCUT2D eigenvalue weighted by atomic mass is 9.97. The molecule has 0 saturated carbocycles. The van der Waals surface area contributed by atoms with Gasteiger partial charge in [-0.3, -0.25) is 10.1 Å². The topological polar surface area (TPSA) is 85.4 Å². The highest BCUT2D eigenvalue weighted by Crippen LogP contribution is 2.47. The highest BCUT2D eigenvalue weighted by atomic mass is 28.4. The minimum absolute atomic E-state index is 0.0713. The summed E-state index contributed by atoms with van der Waals surface area (Å²) >= 11 is 0. The first-order valence-corrected chi connectivity index (χ1v) is 10.1. The Bertz CT molecular complexity index is 633. The molecular weight excluding hydrogens is 288 g/mol. The van der Waals surface area contributed by atoms with Crippen LogP contribution in [-0.4, -0.2) is 20.4 Å². The Hall–Kier alpha value is -1.91. The van der Waals surface area contributed by atoms with E-state index in [9.17, 15) is 15.4 Å². The van der Waals surface area contributed by atoms with Crippen molar-refractivity contribution < 1.29 is 14.1 Å². The summed E-state index contributed by atoms with van der Waals surface area (Å²) in [7, 11) is -0.533. The Labute approximate surface area is 124 Å². The Morgan fingerprint density at radius 2 is 2.10 bits per heavy atom. The zero-order valence-corrected chi connectivity index (χ0v) is 13.6. The average molecular weight is 306 g/mol. The molecule has 0 N–H and O–H groups in total. The van der Waals surface area contributed by atoms with Gasteiger partial charge in [0, 0.05) is 17.2 Å². The Kier molecular flexibility index (Phi) is 3.78. The number of nitro groups is 1. The number of nitrogens with zero attached hydrogens (tertiary/aromatic N) is 2. The number of nitro benzene ring substituents is 1. The van der Waals surface area contributed by atoms with Gasteiger partial charge in [0.1, 0.15) is 6.07 Å². The molecule has 0 radical (unpaired) electrons. The summed E-state index contributed by atoms with van der Waals surface area (Å²) in [6.07, 6.45) is 1.04. The van der Waals surface area contributed by atoms with E-state index in [2.05, 4.69) is 6.07 Å². The third-order valence-electron chi connectivity index (χ3n) is 3.46. The van der Waals surface area contributed by atoms with E-state index in [1.807, 2.05) is 19.6 Å². The zero-order valence-electron chi connectivity index (χ0n) is 12.6. The number of benzene rings is 1. The van der Waals surface area contributed by atoms with Gasteiger partial charge in [0.15, 0.2) is 19.7 Å². The predicted octanol–water partition coefficient (Wildman–Crippen LogP) is 3.12. The first kappa shape index (κ1) is 15.5. The maximum absolute atomic E-state index is 11.1. The van der Waals surface area contributed by atoms with Crippen molar-refractivity contribution in [3.63, 3.8) is 0 Å². The summed E-state index contributed by atoms with van der Waals surface area (Å²) in [4.78, 5) is 10.6. The number of hydrogen-bond donors (Lipinski definition) is 0. The van der Waals surface area contributed by atoms with E-state index in [0.717, 1.165) is 0 Å². The van der Waals surface area contributed by atoms with Gasteiger partial charge in [0.25, 0.3) is 0 Å². The summed E-state index contributed by atoms with van der Waals surface area (Å²) in [6, 6.07) is 5.30. The lowest BCUT2D eigenvalue weighted by molar-refractivity contribution is -0.385. The van der Waals surface area contributed by atoms with E-state index in [1.165, 1.54) is 13.2 Å². The maximum Gasteiger partial charge on any atom is 0.311 e. The molecule has 112 valence electrons. The molecule has 0 unspecified atom stereocenters. The van der Waals surface area contributed by atoms with Crippen molar-refractivity contribution >= 4 is 14.0 Å². The maximum atomic E-state index is 11.1. The standard InChI is InChI=1S/C14H18N2O4Si/c1-19-13-10-7-8-14(9-15,20-21(2,3)4)11(10)5-6-12(13)16(17)18/h5-6H,7-8H2,1-4H3/t14-/m1/s1. The van der Waals surface area contributed by atoms with Crippen LogP contribution < -0.4 is 4.74 Å². The third kappa shape index (κ3) is 2.64. The minimum atomic E-state index is -1.94. The Balaban J connectivity index is 2.60. The molecule has 7 heteroatoms. The molecule has 1 aliphatic carbocycles. The number of methoxy groups -OCH3 is 1. The fraction of sp³-hybridized carbons (Fsp3) is 0.500. The number of fused-ring (bicyclic) bond motifs is 1. The molecule has 0 fully saturated rings. The molecule has 0 spiro atoms. The van der Waals surface area contributed by atoms with Crippen LogP contribution in [0.15, 0.2) is 12.1 Å². The van der Waals surface area contributed by atoms with Crippen LogP contribution in [0.5, 0.6) is 5.75 Å². The summed E-state index contributed by atoms with van der Waals surface area (Å²) < 4.78 is 11.3. The quantitative estimate of drug-likeness (QED) is 0.484. The van der Waals surface area contributed by atoms with E-state index < -0.39 is 18.8 Å². The Morgan fingerprint density at radius 3 is 2.57 bits per heavy atom.